The Balaban J connectivity index is 2.00. The molecule has 0 aliphatic rings. The maximum Gasteiger partial charge on any atom is 0.251 e. The minimum atomic E-state index is -0.337. The maximum atomic E-state index is 12.3. The van der Waals surface area contributed by atoms with Crippen LogP contribution in [0.3, 0.4) is 0 Å². The third-order valence-electron chi connectivity index (χ3n) is 3.74. The van der Waals surface area contributed by atoms with Crippen LogP contribution in [-0.4, -0.2) is 38.1 Å². The number of ether oxygens (including phenoxy) is 2. The molecule has 0 aliphatic carbocycles. The number of nitrogens with one attached hydrogen (secondary N) is 3. The predicted molar refractivity (Wildman–Crippen MR) is 110 cm³/mol. The Morgan fingerprint density at radius 3 is 2.39 bits per heavy atom. The molecule has 0 saturated heterocycles. The molecule has 0 unspecified atom stereocenters. The lowest BCUT2D eigenvalue weighted by Gasteiger charge is -2.20. The zero-order chi connectivity index (χ0) is 20.7. The van der Waals surface area contributed by atoms with Gasteiger partial charge in [-0.3, -0.25) is 9.59 Å². The van der Waals surface area contributed by atoms with Gasteiger partial charge >= 0.3 is 0 Å². The Morgan fingerprint density at radius 1 is 1.00 bits per heavy atom. The Hall–Kier alpha value is -3.22. The third-order valence-corrected chi connectivity index (χ3v) is 3.74. The van der Waals surface area contributed by atoms with E-state index in [-0.39, 0.29) is 23.9 Å². The molecule has 7 heteroatoms. The summed E-state index contributed by atoms with van der Waals surface area (Å²) in [6.45, 7) is 5.76. The van der Waals surface area contributed by atoms with E-state index in [1.807, 2.05) is 20.8 Å². The van der Waals surface area contributed by atoms with Crippen molar-refractivity contribution in [2.75, 3.05) is 31.4 Å². The summed E-state index contributed by atoms with van der Waals surface area (Å²) in [5.41, 5.74) is 1.34. The lowest BCUT2D eigenvalue weighted by atomic mass is 10.1. The summed E-state index contributed by atoms with van der Waals surface area (Å²) < 4.78 is 10.5. The van der Waals surface area contributed by atoms with Crippen molar-refractivity contribution in [3.8, 4) is 11.5 Å². The van der Waals surface area contributed by atoms with E-state index in [2.05, 4.69) is 16.0 Å². The van der Waals surface area contributed by atoms with Gasteiger partial charge in [0, 0.05) is 22.9 Å². The van der Waals surface area contributed by atoms with Gasteiger partial charge in [0.15, 0.2) is 0 Å². The smallest absolute Gasteiger partial charge is 0.251 e. The lowest BCUT2D eigenvalue weighted by molar-refractivity contribution is -0.114. The van der Waals surface area contributed by atoms with Crippen LogP contribution in [0.2, 0.25) is 0 Å². The van der Waals surface area contributed by atoms with Crippen LogP contribution in [0.4, 0.5) is 11.4 Å². The van der Waals surface area contributed by atoms with Crippen LogP contribution in [0, 0.1) is 0 Å². The zero-order valence-electron chi connectivity index (χ0n) is 16.9. The number of anilines is 2. The van der Waals surface area contributed by atoms with Gasteiger partial charge in [-0.05, 0) is 51.1 Å². The highest BCUT2D eigenvalue weighted by Gasteiger charge is 2.15. The number of amides is 2. The van der Waals surface area contributed by atoms with Gasteiger partial charge in [-0.2, -0.15) is 0 Å². The Bertz CT molecular complexity index is 844. The van der Waals surface area contributed by atoms with Crippen LogP contribution in [0.15, 0.2) is 42.5 Å². The van der Waals surface area contributed by atoms with Crippen LogP contribution in [-0.2, 0) is 4.79 Å². The van der Waals surface area contributed by atoms with Crippen molar-refractivity contribution in [2.45, 2.75) is 26.3 Å². The van der Waals surface area contributed by atoms with Gasteiger partial charge in [0.2, 0.25) is 5.91 Å². The van der Waals surface area contributed by atoms with E-state index in [0.717, 1.165) is 0 Å². The fourth-order valence-electron chi connectivity index (χ4n) is 2.48. The summed E-state index contributed by atoms with van der Waals surface area (Å²) in [6, 6.07) is 12.1. The zero-order valence-corrected chi connectivity index (χ0v) is 16.9. The topological polar surface area (TPSA) is 88.7 Å². The Morgan fingerprint density at radius 2 is 1.75 bits per heavy atom. The van der Waals surface area contributed by atoms with Gasteiger partial charge in [-0.25, -0.2) is 0 Å². The fraction of sp³-hybridized carbons (Fsp3) is 0.333. The van der Waals surface area contributed by atoms with E-state index in [1.165, 1.54) is 0 Å². The normalized spacial score (nSPS) is 10.8. The molecule has 0 atom stereocenters. The van der Waals surface area contributed by atoms with Crippen LogP contribution >= 0.6 is 0 Å². The number of hydrogen-bond donors (Lipinski definition) is 3. The quantitative estimate of drug-likeness (QED) is 0.681. The summed E-state index contributed by atoms with van der Waals surface area (Å²) in [5.74, 6) is 0.816. The second-order valence-electron chi connectivity index (χ2n) is 7.25. The Kier molecular flexibility index (Phi) is 6.87. The number of benzene rings is 2. The summed E-state index contributed by atoms with van der Waals surface area (Å²) in [4.78, 5) is 24.6. The first kappa shape index (κ1) is 21.1. The van der Waals surface area contributed by atoms with Crippen LogP contribution in [0.25, 0.3) is 0 Å². The molecule has 2 amide bonds. The Labute approximate surface area is 165 Å². The summed E-state index contributed by atoms with van der Waals surface area (Å²) >= 11 is 0. The SMILES string of the molecule is COc1ccc(OC)c(NCC(=O)Nc2cccc(C(=O)NC(C)(C)C)c2)c1. The molecule has 0 heterocycles. The first-order valence-corrected chi connectivity index (χ1v) is 8.90. The first-order valence-electron chi connectivity index (χ1n) is 8.90. The number of rotatable bonds is 7. The molecule has 7 nitrogen and oxygen atoms in total. The van der Waals surface area contributed by atoms with Crippen molar-refractivity contribution in [3.05, 3.63) is 48.0 Å². The van der Waals surface area contributed by atoms with Gasteiger partial charge in [-0.1, -0.05) is 6.07 Å². The maximum absolute atomic E-state index is 12.3. The molecular weight excluding hydrogens is 358 g/mol. The standard InChI is InChI=1S/C21H27N3O4/c1-21(2,3)24-20(26)14-7-6-8-15(11-14)23-19(25)13-22-17-12-16(27-4)9-10-18(17)28-5/h6-12,22H,13H2,1-5H3,(H,23,25)(H,24,26). The highest BCUT2D eigenvalue weighted by atomic mass is 16.5. The molecule has 2 aromatic carbocycles. The van der Waals surface area contributed by atoms with Gasteiger partial charge in [-0.15, -0.1) is 0 Å². The fourth-order valence-corrected chi connectivity index (χ4v) is 2.48. The van der Waals surface area contributed by atoms with E-state index in [0.29, 0.717) is 28.4 Å². The largest absolute Gasteiger partial charge is 0.497 e. The molecule has 0 spiro atoms. The van der Waals surface area contributed by atoms with Gasteiger partial charge in [0.05, 0.1) is 26.5 Å². The predicted octanol–water partition coefficient (Wildman–Crippen LogP) is 3.28. The second-order valence-corrected chi connectivity index (χ2v) is 7.25. The molecule has 0 fully saturated rings. The molecule has 28 heavy (non-hydrogen) atoms. The number of carbonyl (C=O) groups excluding carboxylic acids is 2. The average molecular weight is 385 g/mol. The van der Waals surface area contributed by atoms with Crippen molar-refractivity contribution < 1.29 is 19.1 Å². The molecular formula is C21H27N3O4. The molecule has 0 aliphatic heterocycles. The van der Waals surface area contributed by atoms with Crippen molar-refractivity contribution in [1.29, 1.82) is 0 Å². The summed E-state index contributed by atoms with van der Waals surface area (Å²) in [6.07, 6.45) is 0. The third kappa shape index (κ3) is 6.19. The average Bonchev–Trinajstić information content (AvgIpc) is 2.65. The molecule has 150 valence electrons. The molecule has 2 aromatic rings. The van der Waals surface area contributed by atoms with Crippen molar-refractivity contribution in [2.24, 2.45) is 0 Å². The number of carbonyl (C=O) groups is 2. The van der Waals surface area contributed by atoms with E-state index >= 15 is 0 Å². The highest BCUT2D eigenvalue weighted by Crippen LogP contribution is 2.28. The van der Waals surface area contributed by atoms with Gasteiger partial charge < -0.3 is 25.4 Å². The van der Waals surface area contributed by atoms with Crippen LogP contribution < -0.4 is 25.4 Å². The number of methoxy groups -OCH3 is 2. The number of hydrogen-bond acceptors (Lipinski definition) is 5. The van der Waals surface area contributed by atoms with Crippen molar-refractivity contribution in [3.63, 3.8) is 0 Å². The van der Waals surface area contributed by atoms with Gasteiger partial charge in [0.25, 0.3) is 5.91 Å². The molecule has 3 N–H and O–H groups in total. The van der Waals surface area contributed by atoms with E-state index in [4.69, 9.17) is 9.47 Å². The van der Waals surface area contributed by atoms with Crippen molar-refractivity contribution in [1.82, 2.24) is 5.32 Å². The molecule has 0 radical (unpaired) electrons. The summed E-state index contributed by atoms with van der Waals surface area (Å²) in [7, 11) is 3.13. The van der Waals surface area contributed by atoms with Crippen LogP contribution in [0.1, 0.15) is 31.1 Å². The summed E-state index contributed by atoms with van der Waals surface area (Å²) in [5, 5.41) is 8.71. The lowest BCUT2D eigenvalue weighted by Crippen LogP contribution is -2.40. The van der Waals surface area contributed by atoms with Crippen LogP contribution in [0.5, 0.6) is 11.5 Å². The monoisotopic (exact) mass is 385 g/mol. The van der Waals surface area contributed by atoms with E-state index in [1.54, 1.807) is 56.7 Å². The minimum absolute atomic E-state index is 0.0297. The molecule has 2 rings (SSSR count). The second kappa shape index (κ2) is 9.12. The first-order chi connectivity index (χ1) is 13.2. The van der Waals surface area contributed by atoms with Crippen molar-refractivity contribution >= 4 is 23.2 Å². The minimum Gasteiger partial charge on any atom is -0.497 e. The molecule has 0 aromatic heterocycles. The highest BCUT2D eigenvalue weighted by molar-refractivity contribution is 5.98. The molecule has 0 saturated carbocycles. The van der Waals surface area contributed by atoms with Gasteiger partial charge in [0.1, 0.15) is 11.5 Å². The van der Waals surface area contributed by atoms with E-state index in [9.17, 15) is 9.59 Å². The molecule has 0 bridgehead atoms. The van der Waals surface area contributed by atoms with E-state index < -0.39 is 0 Å².